The molecule has 8 heteroatoms. The Morgan fingerprint density at radius 3 is 2.74 bits per heavy atom. The van der Waals surface area contributed by atoms with Gasteiger partial charge in [0.1, 0.15) is 0 Å². The van der Waals surface area contributed by atoms with Crippen molar-refractivity contribution in [3.63, 3.8) is 0 Å². The van der Waals surface area contributed by atoms with E-state index in [-0.39, 0.29) is 11.5 Å². The van der Waals surface area contributed by atoms with Crippen molar-refractivity contribution in [1.82, 2.24) is 10.6 Å². The van der Waals surface area contributed by atoms with Crippen molar-refractivity contribution in [2.45, 2.75) is 39.3 Å². The lowest BCUT2D eigenvalue weighted by atomic mass is 10.2. The predicted molar refractivity (Wildman–Crippen MR) is 101 cm³/mol. The maximum Gasteiger partial charge on any atom is 0.387 e. The Hall–Kier alpha value is -2.09. The highest BCUT2D eigenvalue weighted by atomic mass is 19.3. The molecule has 0 bridgehead atoms. The van der Waals surface area contributed by atoms with Crippen LogP contribution in [0, 0.1) is 5.92 Å². The van der Waals surface area contributed by atoms with E-state index in [4.69, 9.17) is 9.47 Å². The molecular formula is C19H29F2N3O3. The maximum absolute atomic E-state index is 12.5. The lowest BCUT2D eigenvalue weighted by Crippen LogP contribution is -2.38. The second-order valence-electron chi connectivity index (χ2n) is 6.36. The number of guanidine groups is 1. The number of ether oxygens (including phenoxy) is 3. The molecule has 2 rings (SSSR count). The Morgan fingerprint density at radius 1 is 1.26 bits per heavy atom. The minimum atomic E-state index is -2.90. The molecule has 1 saturated carbocycles. The quantitative estimate of drug-likeness (QED) is 0.329. The van der Waals surface area contributed by atoms with Gasteiger partial charge in [0.15, 0.2) is 17.5 Å². The average Bonchev–Trinajstić information content (AvgIpc) is 3.46. The lowest BCUT2D eigenvalue weighted by molar-refractivity contribution is -0.0512. The van der Waals surface area contributed by atoms with Crippen LogP contribution in [0.4, 0.5) is 8.78 Å². The number of benzene rings is 1. The lowest BCUT2D eigenvalue weighted by Gasteiger charge is -2.13. The van der Waals surface area contributed by atoms with Crippen molar-refractivity contribution >= 4 is 5.96 Å². The van der Waals surface area contributed by atoms with Gasteiger partial charge in [-0.05, 0) is 49.8 Å². The Bertz CT molecular complexity index is 596. The van der Waals surface area contributed by atoms with Crippen molar-refractivity contribution in [2.75, 3.05) is 33.4 Å². The fourth-order valence-electron chi connectivity index (χ4n) is 2.44. The van der Waals surface area contributed by atoms with E-state index in [0.717, 1.165) is 44.2 Å². The van der Waals surface area contributed by atoms with Crippen LogP contribution in [0.15, 0.2) is 23.2 Å². The summed E-state index contributed by atoms with van der Waals surface area (Å²) in [6.07, 6.45) is 3.49. The minimum absolute atomic E-state index is 0.00553. The number of halogens is 2. The van der Waals surface area contributed by atoms with Crippen molar-refractivity contribution in [1.29, 1.82) is 0 Å². The van der Waals surface area contributed by atoms with E-state index in [0.29, 0.717) is 12.5 Å². The zero-order valence-corrected chi connectivity index (χ0v) is 16.0. The molecule has 0 aliphatic heterocycles. The summed E-state index contributed by atoms with van der Waals surface area (Å²) in [5.41, 5.74) is 0.747. The van der Waals surface area contributed by atoms with E-state index in [1.165, 1.54) is 26.0 Å². The number of alkyl halides is 2. The minimum Gasteiger partial charge on any atom is -0.493 e. The van der Waals surface area contributed by atoms with Crippen molar-refractivity contribution < 1.29 is 23.0 Å². The summed E-state index contributed by atoms with van der Waals surface area (Å²) in [4.78, 5) is 4.49. The predicted octanol–water partition coefficient (Wildman–Crippen LogP) is 3.17. The first-order chi connectivity index (χ1) is 13.1. The van der Waals surface area contributed by atoms with E-state index in [1.807, 2.05) is 6.92 Å². The van der Waals surface area contributed by atoms with Crippen LogP contribution in [-0.4, -0.2) is 46.0 Å². The Labute approximate surface area is 159 Å². The van der Waals surface area contributed by atoms with Crippen molar-refractivity contribution in [3.8, 4) is 11.5 Å². The van der Waals surface area contributed by atoms with Gasteiger partial charge in [0.25, 0.3) is 0 Å². The second-order valence-corrected chi connectivity index (χ2v) is 6.36. The van der Waals surface area contributed by atoms with Gasteiger partial charge in [-0.1, -0.05) is 6.07 Å². The molecule has 0 radical (unpaired) electrons. The van der Waals surface area contributed by atoms with Crippen LogP contribution in [0.1, 0.15) is 31.7 Å². The number of nitrogens with one attached hydrogen (secondary N) is 2. The summed E-state index contributed by atoms with van der Waals surface area (Å²) in [5.74, 6) is 1.72. The molecule has 1 aliphatic rings. The zero-order chi connectivity index (χ0) is 19.5. The van der Waals surface area contributed by atoms with E-state index < -0.39 is 6.61 Å². The van der Waals surface area contributed by atoms with Gasteiger partial charge in [-0.15, -0.1) is 0 Å². The van der Waals surface area contributed by atoms with Gasteiger partial charge in [0.05, 0.1) is 13.7 Å². The van der Waals surface area contributed by atoms with E-state index >= 15 is 0 Å². The molecule has 0 spiro atoms. The molecule has 1 aliphatic carbocycles. The van der Waals surface area contributed by atoms with Crippen LogP contribution in [0.5, 0.6) is 11.5 Å². The molecule has 152 valence electrons. The van der Waals surface area contributed by atoms with Crippen LogP contribution in [0.3, 0.4) is 0 Å². The first-order valence-electron chi connectivity index (χ1n) is 9.34. The molecule has 1 aromatic carbocycles. The van der Waals surface area contributed by atoms with Gasteiger partial charge in [-0.25, -0.2) is 4.99 Å². The van der Waals surface area contributed by atoms with Crippen LogP contribution < -0.4 is 20.1 Å². The first kappa shape index (κ1) is 21.2. The molecule has 0 atom stereocenters. The highest BCUT2D eigenvalue weighted by Crippen LogP contribution is 2.30. The smallest absolute Gasteiger partial charge is 0.387 e. The number of methoxy groups -OCH3 is 1. The largest absolute Gasteiger partial charge is 0.493 e. The first-order valence-corrected chi connectivity index (χ1v) is 9.34. The Morgan fingerprint density at radius 2 is 2.07 bits per heavy atom. The number of hydrogen-bond donors (Lipinski definition) is 2. The van der Waals surface area contributed by atoms with Gasteiger partial charge in [-0.3, -0.25) is 0 Å². The summed E-state index contributed by atoms with van der Waals surface area (Å²) < 4.78 is 40.2. The van der Waals surface area contributed by atoms with Crippen LogP contribution in [0.2, 0.25) is 0 Å². The summed E-state index contributed by atoms with van der Waals surface area (Å²) in [7, 11) is 1.41. The fourth-order valence-corrected chi connectivity index (χ4v) is 2.44. The van der Waals surface area contributed by atoms with Crippen LogP contribution >= 0.6 is 0 Å². The third-order valence-electron chi connectivity index (χ3n) is 4.02. The fraction of sp³-hybridized carbons (Fsp3) is 0.632. The van der Waals surface area contributed by atoms with Gasteiger partial charge in [0, 0.05) is 26.3 Å². The molecule has 0 amide bonds. The highest BCUT2D eigenvalue weighted by molar-refractivity contribution is 5.79. The van der Waals surface area contributed by atoms with E-state index in [9.17, 15) is 8.78 Å². The number of nitrogens with zero attached hydrogens (tertiary/aromatic N) is 1. The normalized spacial score (nSPS) is 14.3. The molecule has 27 heavy (non-hydrogen) atoms. The van der Waals surface area contributed by atoms with Gasteiger partial charge in [-0.2, -0.15) is 8.78 Å². The molecule has 6 nitrogen and oxygen atoms in total. The average molecular weight is 385 g/mol. The number of rotatable bonds is 12. The second kappa shape index (κ2) is 11.6. The highest BCUT2D eigenvalue weighted by Gasteiger charge is 2.20. The molecule has 0 unspecified atom stereocenters. The van der Waals surface area contributed by atoms with Crippen molar-refractivity contribution in [3.05, 3.63) is 23.8 Å². The summed E-state index contributed by atoms with van der Waals surface area (Å²) in [5, 5.41) is 6.41. The van der Waals surface area contributed by atoms with Crippen LogP contribution in [-0.2, 0) is 11.3 Å². The van der Waals surface area contributed by atoms with Gasteiger partial charge < -0.3 is 24.8 Å². The molecule has 1 aromatic rings. The molecule has 0 heterocycles. The Kier molecular flexibility index (Phi) is 9.10. The topological polar surface area (TPSA) is 64.1 Å². The molecule has 1 fully saturated rings. The summed E-state index contributed by atoms with van der Waals surface area (Å²) in [6, 6.07) is 4.89. The molecular weight excluding hydrogens is 356 g/mol. The number of aliphatic imine (C=N–C) groups is 1. The maximum atomic E-state index is 12.5. The molecule has 0 saturated heterocycles. The third kappa shape index (κ3) is 8.43. The Balaban J connectivity index is 1.82. The van der Waals surface area contributed by atoms with E-state index in [2.05, 4.69) is 20.4 Å². The van der Waals surface area contributed by atoms with Crippen molar-refractivity contribution in [2.24, 2.45) is 10.9 Å². The van der Waals surface area contributed by atoms with Gasteiger partial charge in [0.2, 0.25) is 0 Å². The SMILES string of the molecule is CCNC(=NCc1ccc(OC)c(OC(F)F)c1)NCCCOCC1CC1. The van der Waals surface area contributed by atoms with Gasteiger partial charge >= 0.3 is 6.61 Å². The molecule has 2 N–H and O–H groups in total. The monoisotopic (exact) mass is 385 g/mol. The summed E-state index contributed by atoms with van der Waals surface area (Å²) >= 11 is 0. The zero-order valence-electron chi connectivity index (χ0n) is 16.0. The standard InChI is InChI=1S/C19H29F2N3O3/c1-3-22-19(23-9-4-10-26-13-14-5-6-14)24-12-15-7-8-16(25-2)17(11-15)27-18(20)21/h7-8,11,14,18H,3-6,9-10,12-13H2,1-2H3,(H2,22,23,24). The third-order valence-corrected chi connectivity index (χ3v) is 4.02. The van der Waals surface area contributed by atoms with E-state index in [1.54, 1.807) is 12.1 Å². The molecule has 0 aromatic heterocycles. The van der Waals surface area contributed by atoms with Crippen LogP contribution in [0.25, 0.3) is 0 Å². The number of hydrogen-bond acceptors (Lipinski definition) is 4. The summed E-state index contributed by atoms with van der Waals surface area (Å²) in [6.45, 7) is 2.49.